The maximum Gasteiger partial charge on any atom is 0.419 e. The lowest BCUT2D eigenvalue weighted by atomic mass is 9.98. The number of aromatic hydroxyl groups is 1. The first-order valence-electron chi connectivity index (χ1n) is 7.00. The number of phenols is 1. The zero-order valence-corrected chi connectivity index (χ0v) is 12.0. The van der Waals surface area contributed by atoms with Crippen LogP contribution in [0.3, 0.4) is 0 Å². The summed E-state index contributed by atoms with van der Waals surface area (Å²) in [5.74, 6) is -0.287. The van der Waals surface area contributed by atoms with Crippen LogP contribution in [0.4, 0.5) is 13.2 Å². The summed E-state index contributed by atoms with van der Waals surface area (Å²) >= 11 is 0. The van der Waals surface area contributed by atoms with Gasteiger partial charge in [0.2, 0.25) is 0 Å². The maximum absolute atomic E-state index is 12.8. The van der Waals surface area contributed by atoms with Crippen molar-refractivity contribution in [2.75, 3.05) is 26.8 Å². The van der Waals surface area contributed by atoms with Crippen LogP contribution < -0.4 is 0 Å². The van der Waals surface area contributed by atoms with Crippen LogP contribution in [0.25, 0.3) is 0 Å². The lowest BCUT2D eigenvalue weighted by molar-refractivity contribution is -0.138. The molecule has 0 saturated carbocycles. The predicted octanol–water partition coefficient (Wildman–Crippen LogP) is 3.27. The minimum atomic E-state index is -4.53. The predicted molar refractivity (Wildman–Crippen MR) is 73.0 cm³/mol. The van der Waals surface area contributed by atoms with E-state index in [0.717, 1.165) is 38.1 Å². The molecule has 1 aromatic carbocycles. The largest absolute Gasteiger partial charge is 0.507 e. The highest BCUT2D eigenvalue weighted by Gasteiger charge is 2.34. The van der Waals surface area contributed by atoms with Crippen LogP contribution >= 0.6 is 0 Å². The van der Waals surface area contributed by atoms with Gasteiger partial charge < -0.3 is 9.84 Å². The number of likely N-dealkylation sites (tertiary alicyclic amines) is 1. The number of benzene rings is 1. The molecule has 0 spiro atoms. The molecule has 0 bridgehead atoms. The molecule has 0 amide bonds. The van der Waals surface area contributed by atoms with E-state index in [4.69, 9.17) is 4.74 Å². The van der Waals surface area contributed by atoms with Gasteiger partial charge in [0.05, 0.1) is 12.2 Å². The molecule has 2 rings (SSSR count). The summed E-state index contributed by atoms with van der Waals surface area (Å²) < 4.78 is 43.5. The number of halogens is 3. The molecule has 118 valence electrons. The van der Waals surface area contributed by atoms with Crippen molar-refractivity contribution in [2.24, 2.45) is 5.92 Å². The van der Waals surface area contributed by atoms with Gasteiger partial charge in [-0.25, -0.2) is 0 Å². The molecule has 3 nitrogen and oxygen atoms in total. The average Bonchev–Trinajstić information content (AvgIpc) is 2.40. The Morgan fingerprint density at radius 3 is 2.81 bits per heavy atom. The van der Waals surface area contributed by atoms with Gasteiger partial charge in [-0.15, -0.1) is 0 Å². The molecule has 1 atom stereocenters. The first kappa shape index (κ1) is 16.1. The highest BCUT2D eigenvalue weighted by Crippen LogP contribution is 2.36. The van der Waals surface area contributed by atoms with Crippen LogP contribution in [0.1, 0.15) is 24.0 Å². The molecule has 1 aliphatic rings. The van der Waals surface area contributed by atoms with Crippen molar-refractivity contribution in [3.05, 3.63) is 29.3 Å². The van der Waals surface area contributed by atoms with E-state index in [1.54, 1.807) is 13.2 Å². The van der Waals surface area contributed by atoms with Crippen LogP contribution in [-0.2, 0) is 17.5 Å². The smallest absolute Gasteiger partial charge is 0.419 e. The number of alkyl halides is 3. The second kappa shape index (κ2) is 6.66. The van der Waals surface area contributed by atoms with E-state index in [1.165, 1.54) is 0 Å². The Morgan fingerprint density at radius 1 is 1.38 bits per heavy atom. The van der Waals surface area contributed by atoms with Gasteiger partial charge in [-0.2, -0.15) is 13.2 Å². The quantitative estimate of drug-likeness (QED) is 0.926. The summed E-state index contributed by atoms with van der Waals surface area (Å²) in [6.45, 7) is 2.85. The molecule has 6 heteroatoms. The van der Waals surface area contributed by atoms with Crippen molar-refractivity contribution in [3.63, 3.8) is 0 Å². The van der Waals surface area contributed by atoms with Crippen molar-refractivity contribution < 1.29 is 23.0 Å². The first-order chi connectivity index (χ1) is 9.90. The van der Waals surface area contributed by atoms with Gasteiger partial charge in [-0.3, -0.25) is 4.90 Å². The normalized spacial score (nSPS) is 20.7. The van der Waals surface area contributed by atoms with E-state index in [0.29, 0.717) is 24.6 Å². The number of nitrogens with zero attached hydrogens (tertiary/aromatic N) is 1. The van der Waals surface area contributed by atoms with Crippen molar-refractivity contribution in [3.8, 4) is 5.75 Å². The van der Waals surface area contributed by atoms with Crippen molar-refractivity contribution >= 4 is 0 Å². The van der Waals surface area contributed by atoms with E-state index in [-0.39, 0.29) is 0 Å². The second-order valence-corrected chi connectivity index (χ2v) is 5.55. The van der Waals surface area contributed by atoms with E-state index in [2.05, 4.69) is 4.90 Å². The molecule has 0 radical (unpaired) electrons. The molecule has 0 aliphatic carbocycles. The fraction of sp³-hybridized carbons (Fsp3) is 0.600. The lowest BCUT2D eigenvalue weighted by Gasteiger charge is -2.32. The lowest BCUT2D eigenvalue weighted by Crippen LogP contribution is -2.36. The van der Waals surface area contributed by atoms with Gasteiger partial charge in [0.25, 0.3) is 0 Å². The Morgan fingerprint density at radius 2 is 2.14 bits per heavy atom. The summed E-state index contributed by atoms with van der Waals surface area (Å²) in [5, 5.41) is 9.34. The molecular formula is C15H20F3NO2. The van der Waals surface area contributed by atoms with Crippen LogP contribution in [0.15, 0.2) is 18.2 Å². The molecule has 1 N–H and O–H groups in total. The Bertz CT molecular complexity index is 474. The standard InChI is InChI=1S/C15H20F3NO2/c1-21-10-12-3-2-6-19(9-12)8-11-4-5-14(20)13(7-11)15(16,17)18/h4-5,7,12,20H,2-3,6,8-10H2,1H3. The van der Waals surface area contributed by atoms with Crippen molar-refractivity contribution in [2.45, 2.75) is 25.6 Å². The number of methoxy groups -OCH3 is 1. The van der Waals surface area contributed by atoms with Crippen LogP contribution in [0, 0.1) is 5.92 Å². The Labute approximate surface area is 122 Å². The second-order valence-electron chi connectivity index (χ2n) is 5.55. The third-order valence-corrected chi connectivity index (χ3v) is 3.78. The minimum Gasteiger partial charge on any atom is -0.507 e. The Hall–Kier alpha value is -1.27. The van der Waals surface area contributed by atoms with Crippen LogP contribution in [0.5, 0.6) is 5.75 Å². The molecule has 21 heavy (non-hydrogen) atoms. The highest BCUT2D eigenvalue weighted by molar-refractivity contribution is 5.38. The maximum atomic E-state index is 12.8. The molecule has 0 aromatic heterocycles. The van der Waals surface area contributed by atoms with Crippen molar-refractivity contribution in [1.82, 2.24) is 4.90 Å². The van der Waals surface area contributed by atoms with Gasteiger partial charge >= 0.3 is 6.18 Å². The minimum absolute atomic E-state index is 0.433. The number of phenolic OH excluding ortho intramolecular Hbond substituents is 1. The van der Waals surface area contributed by atoms with Crippen LogP contribution in [-0.4, -0.2) is 36.8 Å². The molecule has 1 saturated heterocycles. The zero-order valence-electron chi connectivity index (χ0n) is 12.0. The van der Waals surface area contributed by atoms with Crippen LogP contribution in [0.2, 0.25) is 0 Å². The fourth-order valence-electron chi connectivity index (χ4n) is 2.83. The van der Waals surface area contributed by atoms with Gasteiger partial charge in [0.15, 0.2) is 0 Å². The summed E-state index contributed by atoms with van der Waals surface area (Å²) in [5.41, 5.74) is -0.399. The zero-order chi connectivity index (χ0) is 15.5. The highest BCUT2D eigenvalue weighted by atomic mass is 19.4. The third kappa shape index (κ3) is 4.35. The summed E-state index contributed by atoms with van der Waals surface area (Å²) in [6, 6.07) is 3.70. The summed E-state index contributed by atoms with van der Waals surface area (Å²) in [7, 11) is 1.66. The van der Waals surface area contributed by atoms with Gasteiger partial charge in [0, 0.05) is 20.2 Å². The molecule has 1 fully saturated rings. The molecule has 1 unspecified atom stereocenters. The van der Waals surface area contributed by atoms with Gasteiger partial charge in [0.1, 0.15) is 5.75 Å². The van der Waals surface area contributed by atoms with Gasteiger partial charge in [-0.05, 0) is 43.0 Å². The summed E-state index contributed by atoms with van der Waals surface area (Å²) in [6.07, 6.45) is -2.41. The number of piperidine rings is 1. The number of hydrogen-bond acceptors (Lipinski definition) is 3. The molecule has 1 aliphatic heterocycles. The topological polar surface area (TPSA) is 32.7 Å². The number of ether oxygens (including phenoxy) is 1. The van der Waals surface area contributed by atoms with E-state index < -0.39 is 17.5 Å². The first-order valence-corrected chi connectivity index (χ1v) is 7.00. The Kier molecular flexibility index (Phi) is 5.11. The molecule has 1 aromatic rings. The van der Waals surface area contributed by atoms with Gasteiger partial charge in [-0.1, -0.05) is 6.07 Å². The van der Waals surface area contributed by atoms with E-state index in [1.807, 2.05) is 0 Å². The molecular weight excluding hydrogens is 283 g/mol. The van der Waals surface area contributed by atoms with E-state index in [9.17, 15) is 18.3 Å². The molecule has 1 heterocycles. The Balaban J connectivity index is 2.06. The SMILES string of the molecule is COCC1CCCN(Cc2ccc(O)c(C(F)(F)F)c2)C1. The van der Waals surface area contributed by atoms with Crippen molar-refractivity contribution in [1.29, 1.82) is 0 Å². The number of hydrogen-bond donors (Lipinski definition) is 1. The average molecular weight is 303 g/mol. The third-order valence-electron chi connectivity index (χ3n) is 3.78. The summed E-state index contributed by atoms with van der Waals surface area (Å²) in [4.78, 5) is 2.14. The van der Waals surface area contributed by atoms with E-state index >= 15 is 0 Å². The fourth-order valence-corrected chi connectivity index (χ4v) is 2.83. The monoisotopic (exact) mass is 303 g/mol. The number of rotatable bonds is 4.